The predicted molar refractivity (Wildman–Crippen MR) is 118 cm³/mol. The van der Waals surface area contributed by atoms with Gasteiger partial charge in [-0.25, -0.2) is 4.39 Å². The van der Waals surface area contributed by atoms with Gasteiger partial charge in [-0.05, 0) is 29.5 Å². The van der Waals surface area contributed by atoms with E-state index in [0.717, 1.165) is 6.20 Å². The van der Waals surface area contributed by atoms with E-state index in [-0.39, 0.29) is 22.6 Å². The van der Waals surface area contributed by atoms with Crippen molar-refractivity contribution in [2.75, 3.05) is 0 Å². The third-order valence-electron chi connectivity index (χ3n) is 5.93. The average Bonchev–Trinajstić information content (AvgIpc) is 3.02. The van der Waals surface area contributed by atoms with Gasteiger partial charge in [0.15, 0.2) is 0 Å². The molecule has 0 bridgehead atoms. The fourth-order valence-electron chi connectivity index (χ4n) is 4.61. The molecule has 1 aliphatic rings. The Balaban J connectivity index is 2.38. The molecule has 0 radical (unpaired) electrons. The molecule has 34 heavy (non-hydrogen) atoms. The second-order valence-electron chi connectivity index (χ2n) is 9.45. The second-order valence-corrected chi connectivity index (χ2v) is 10.3. The Labute approximate surface area is 203 Å². The molecule has 1 fully saturated rings. The molecule has 0 saturated carbocycles. The summed E-state index contributed by atoms with van der Waals surface area (Å²) in [5, 5.41) is 22.7. The van der Waals surface area contributed by atoms with Crippen LogP contribution in [-0.2, 0) is 16.4 Å². The number of aromatic nitrogens is 1. The molecule has 0 spiro atoms. The smallest absolute Gasteiger partial charge is 0.433 e. The van der Waals surface area contributed by atoms with Crippen LogP contribution in [0.4, 0.5) is 17.6 Å². The number of carboxylic acid groups (broad SMARTS) is 1. The molecule has 1 aliphatic heterocycles. The van der Waals surface area contributed by atoms with Crippen LogP contribution < -0.4 is 5.32 Å². The van der Waals surface area contributed by atoms with Crippen molar-refractivity contribution in [2.24, 2.45) is 5.41 Å². The second kappa shape index (κ2) is 8.99. The largest absolute Gasteiger partial charge is 0.480 e. The highest BCUT2D eigenvalue weighted by Crippen LogP contribution is 2.53. The molecule has 182 valence electrons. The monoisotopic (exact) mass is 517 g/mol. The van der Waals surface area contributed by atoms with Crippen molar-refractivity contribution < 1.29 is 27.5 Å². The third-order valence-corrected chi connectivity index (χ3v) is 6.53. The lowest BCUT2D eigenvalue weighted by Crippen LogP contribution is -2.44. The Morgan fingerprint density at radius 1 is 1.26 bits per heavy atom. The first-order valence-corrected chi connectivity index (χ1v) is 11.0. The Bertz CT molecular complexity index is 1160. The number of aliphatic carboxylic acids is 1. The maximum Gasteiger partial charge on any atom is 0.433 e. The van der Waals surface area contributed by atoms with Crippen molar-refractivity contribution in [3.05, 3.63) is 63.1 Å². The number of pyridine rings is 1. The number of rotatable bonds is 4. The van der Waals surface area contributed by atoms with Crippen molar-refractivity contribution >= 4 is 29.2 Å². The molecule has 2 N–H and O–H groups in total. The van der Waals surface area contributed by atoms with Crippen molar-refractivity contribution in [1.82, 2.24) is 10.3 Å². The van der Waals surface area contributed by atoms with Crippen molar-refractivity contribution in [3.8, 4) is 6.07 Å². The summed E-state index contributed by atoms with van der Waals surface area (Å²) in [5.41, 5.74) is -3.89. The fraction of sp³-hybridized carbons (Fsp3) is 0.435. The van der Waals surface area contributed by atoms with E-state index in [2.05, 4.69) is 16.4 Å². The van der Waals surface area contributed by atoms with Crippen LogP contribution in [0.15, 0.2) is 30.5 Å². The maximum absolute atomic E-state index is 15.2. The quantitative estimate of drug-likeness (QED) is 0.489. The summed E-state index contributed by atoms with van der Waals surface area (Å²) in [6.07, 6.45) is -3.74. The van der Waals surface area contributed by atoms with Crippen LogP contribution in [0.5, 0.6) is 0 Å². The molecule has 4 atom stereocenters. The number of hydrogen-bond donors (Lipinski definition) is 2. The molecule has 1 saturated heterocycles. The van der Waals surface area contributed by atoms with Gasteiger partial charge < -0.3 is 5.11 Å². The SMILES string of the molecule is CC(C)(C)C[C@@H]1N[C@@H](C(=O)O)[C@H](c2cccc(Cl)c2F)[C@@]1(C#N)c1cnc(C(F)(F)F)cc1Cl. The highest BCUT2D eigenvalue weighted by molar-refractivity contribution is 6.31. The first-order chi connectivity index (χ1) is 15.6. The number of nitrogens with one attached hydrogen (secondary N) is 1. The zero-order chi connectivity index (χ0) is 25.6. The van der Waals surface area contributed by atoms with Crippen LogP contribution in [0.25, 0.3) is 0 Å². The number of nitrogens with zero attached hydrogens (tertiary/aromatic N) is 2. The predicted octanol–water partition coefficient (Wildman–Crippen LogP) is 5.95. The van der Waals surface area contributed by atoms with Gasteiger partial charge in [-0.3, -0.25) is 15.1 Å². The van der Waals surface area contributed by atoms with Crippen LogP contribution in [-0.4, -0.2) is 28.1 Å². The molecular weight excluding hydrogens is 497 g/mol. The topological polar surface area (TPSA) is 86.0 Å². The summed E-state index contributed by atoms with van der Waals surface area (Å²) in [5.74, 6) is -3.66. The number of hydrogen-bond acceptors (Lipinski definition) is 4. The van der Waals surface area contributed by atoms with Crippen LogP contribution in [0.3, 0.4) is 0 Å². The summed E-state index contributed by atoms with van der Waals surface area (Å²) in [7, 11) is 0. The normalized spacial score (nSPS) is 25.2. The number of alkyl halides is 3. The zero-order valence-corrected chi connectivity index (χ0v) is 19.9. The van der Waals surface area contributed by atoms with Crippen LogP contribution >= 0.6 is 23.2 Å². The number of carbonyl (C=O) groups is 1. The van der Waals surface area contributed by atoms with Gasteiger partial charge in [-0.1, -0.05) is 56.1 Å². The van der Waals surface area contributed by atoms with Crippen LogP contribution in [0, 0.1) is 22.6 Å². The van der Waals surface area contributed by atoms with Gasteiger partial charge in [0.25, 0.3) is 0 Å². The zero-order valence-electron chi connectivity index (χ0n) is 18.3. The highest BCUT2D eigenvalue weighted by Gasteiger charge is 2.61. The molecule has 0 unspecified atom stereocenters. The summed E-state index contributed by atoms with van der Waals surface area (Å²) >= 11 is 12.2. The van der Waals surface area contributed by atoms with E-state index in [4.69, 9.17) is 23.2 Å². The standard InChI is InChI=1S/C23H21Cl2F4N3O2/c1-21(2,3)8-16-22(10-30,12-9-31-15(7-14(12)25)23(27,28)29)17(19(32-16)20(33)34)11-5-4-6-13(24)18(11)26/h4-7,9,16-17,19,32H,8H2,1-3H3,(H,33,34)/t16-,17-,19+,22-/m0/s1. The molecule has 1 aromatic carbocycles. The molecule has 0 amide bonds. The first kappa shape index (κ1) is 26.2. The summed E-state index contributed by atoms with van der Waals surface area (Å²) < 4.78 is 54.9. The minimum Gasteiger partial charge on any atom is -0.480 e. The van der Waals surface area contributed by atoms with E-state index in [1.165, 1.54) is 18.2 Å². The van der Waals surface area contributed by atoms with Crippen LogP contribution in [0.2, 0.25) is 10.0 Å². The lowest BCUT2D eigenvalue weighted by molar-refractivity contribution is -0.141. The summed E-state index contributed by atoms with van der Waals surface area (Å²) in [6.45, 7) is 5.56. The Morgan fingerprint density at radius 2 is 1.91 bits per heavy atom. The number of benzene rings is 1. The molecule has 5 nitrogen and oxygen atoms in total. The van der Waals surface area contributed by atoms with Crippen molar-refractivity contribution in [3.63, 3.8) is 0 Å². The van der Waals surface area contributed by atoms with Gasteiger partial charge in [0, 0.05) is 28.7 Å². The number of nitriles is 1. The average molecular weight is 518 g/mol. The highest BCUT2D eigenvalue weighted by atomic mass is 35.5. The minimum atomic E-state index is -4.79. The van der Waals surface area contributed by atoms with Gasteiger partial charge in [-0.15, -0.1) is 0 Å². The molecule has 11 heteroatoms. The molecule has 3 rings (SSSR count). The van der Waals surface area contributed by atoms with Crippen molar-refractivity contribution in [1.29, 1.82) is 5.26 Å². The van der Waals surface area contributed by atoms with E-state index < -0.39 is 57.5 Å². The first-order valence-electron chi connectivity index (χ1n) is 10.2. The number of halogens is 6. The lowest BCUT2D eigenvalue weighted by Gasteiger charge is -2.37. The molecule has 2 heterocycles. The van der Waals surface area contributed by atoms with E-state index in [1.807, 2.05) is 20.8 Å². The summed E-state index contributed by atoms with van der Waals surface area (Å²) in [4.78, 5) is 15.7. The van der Waals surface area contributed by atoms with E-state index >= 15 is 4.39 Å². The molecular formula is C23H21Cl2F4N3O2. The molecule has 2 aromatic rings. The maximum atomic E-state index is 15.2. The lowest BCUT2D eigenvalue weighted by atomic mass is 9.63. The minimum absolute atomic E-state index is 0.125. The summed E-state index contributed by atoms with van der Waals surface area (Å²) in [6, 6.07) is 4.30. The van der Waals surface area contributed by atoms with Gasteiger partial charge in [0.2, 0.25) is 0 Å². The Kier molecular flexibility index (Phi) is 6.93. The fourth-order valence-corrected chi connectivity index (χ4v) is 5.10. The van der Waals surface area contributed by atoms with Gasteiger partial charge in [0.05, 0.1) is 11.1 Å². The Morgan fingerprint density at radius 3 is 2.41 bits per heavy atom. The van der Waals surface area contributed by atoms with E-state index in [9.17, 15) is 28.3 Å². The van der Waals surface area contributed by atoms with Gasteiger partial charge in [-0.2, -0.15) is 18.4 Å². The van der Waals surface area contributed by atoms with Gasteiger partial charge in [0.1, 0.15) is 23.0 Å². The molecule has 1 aromatic heterocycles. The molecule has 0 aliphatic carbocycles. The van der Waals surface area contributed by atoms with Crippen LogP contribution in [0.1, 0.15) is 49.9 Å². The Hall–Kier alpha value is -2.41. The van der Waals surface area contributed by atoms with E-state index in [0.29, 0.717) is 6.07 Å². The third kappa shape index (κ3) is 4.59. The number of carboxylic acids is 1. The van der Waals surface area contributed by atoms with Crippen molar-refractivity contribution in [2.45, 2.75) is 56.8 Å². The van der Waals surface area contributed by atoms with Gasteiger partial charge >= 0.3 is 12.1 Å². The van der Waals surface area contributed by atoms with E-state index in [1.54, 1.807) is 0 Å².